The van der Waals surface area contributed by atoms with Gasteiger partial charge in [0.1, 0.15) is 11.6 Å². The fourth-order valence-corrected chi connectivity index (χ4v) is 2.57. The Morgan fingerprint density at radius 2 is 1.76 bits per heavy atom. The number of carbonyl (C=O) groups excluding carboxylic acids is 3. The number of benzene rings is 1. The molecule has 0 unspecified atom stereocenters. The molecule has 1 aromatic heterocycles. The lowest BCUT2D eigenvalue weighted by Crippen LogP contribution is -2.43. The van der Waals surface area contributed by atoms with E-state index < -0.39 is 35.3 Å². The summed E-state index contributed by atoms with van der Waals surface area (Å²) in [5.41, 5.74) is 5.45. The number of nitrogens with one attached hydrogen (secondary N) is 3. The van der Waals surface area contributed by atoms with E-state index >= 15 is 0 Å². The van der Waals surface area contributed by atoms with Gasteiger partial charge in [-0.15, -0.1) is 0 Å². The van der Waals surface area contributed by atoms with Crippen molar-refractivity contribution in [3.05, 3.63) is 52.3 Å². The topological polar surface area (TPSA) is 171 Å². The van der Waals surface area contributed by atoms with Crippen LogP contribution in [-0.2, 0) is 14.4 Å². The van der Waals surface area contributed by atoms with Gasteiger partial charge in [-0.3, -0.25) is 19.2 Å². The lowest BCUT2D eigenvalue weighted by molar-refractivity contribution is -0.126. The van der Waals surface area contributed by atoms with Crippen LogP contribution >= 0.6 is 0 Å². The zero-order valence-electron chi connectivity index (χ0n) is 15.5. The molecule has 3 amide bonds. The summed E-state index contributed by atoms with van der Waals surface area (Å²) >= 11 is 0. The Labute approximate surface area is 165 Å². The van der Waals surface area contributed by atoms with E-state index in [9.17, 15) is 24.0 Å². The van der Waals surface area contributed by atoms with Crippen molar-refractivity contribution in [1.29, 1.82) is 0 Å². The van der Waals surface area contributed by atoms with Crippen LogP contribution in [0.4, 0.5) is 5.69 Å². The predicted molar refractivity (Wildman–Crippen MR) is 104 cm³/mol. The summed E-state index contributed by atoms with van der Waals surface area (Å²) in [6.45, 7) is 1.26. The van der Waals surface area contributed by atoms with Crippen molar-refractivity contribution in [2.75, 3.05) is 5.32 Å². The minimum absolute atomic E-state index is 0.0585. The number of H-pyrrole nitrogens is 1. The number of primary amides is 1. The Morgan fingerprint density at radius 3 is 2.28 bits per heavy atom. The summed E-state index contributed by atoms with van der Waals surface area (Å²) in [5.74, 6) is -2.83. The van der Waals surface area contributed by atoms with Crippen LogP contribution in [0.5, 0.6) is 0 Å². The van der Waals surface area contributed by atoms with Gasteiger partial charge in [0.2, 0.25) is 17.7 Å². The van der Waals surface area contributed by atoms with Crippen LogP contribution in [0.25, 0.3) is 11.3 Å². The summed E-state index contributed by atoms with van der Waals surface area (Å²) < 4.78 is 0. The Hall–Kier alpha value is -3.95. The zero-order valence-corrected chi connectivity index (χ0v) is 15.5. The van der Waals surface area contributed by atoms with E-state index in [1.54, 1.807) is 24.3 Å². The molecule has 0 saturated carbocycles. The number of carbonyl (C=O) groups is 4. The SMILES string of the molecule is CC(=O)N[C@H](CCC(N)=O)C(=O)Nc1ccc(-c2ccc(C(=O)O)c(=O)[nH]2)cc1. The van der Waals surface area contributed by atoms with E-state index in [0.717, 1.165) is 0 Å². The third-order valence-corrected chi connectivity index (χ3v) is 3.98. The van der Waals surface area contributed by atoms with E-state index in [0.29, 0.717) is 16.9 Å². The summed E-state index contributed by atoms with van der Waals surface area (Å²) in [6.07, 6.45) is 0.00694. The molecule has 0 aliphatic carbocycles. The molecule has 0 bridgehead atoms. The molecule has 10 heteroatoms. The van der Waals surface area contributed by atoms with Gasteiger partial charge in [-0.2, -0.15) is 0 Å². The minimum atomic E-state index is -1.32. The molecule has 0 aliphatic heterocycles. The van der Waals surface area contributed by atoms with Crippen molar-refractivity contribution in [1.82, 2.24) is 10.3 Å². The highest BCUT2D eigenvalue weighted by molar-refractivity contribution is 5.97. The van der Waals surface area contributed by atoms with Gasteiger partial charge in [-0.25, -0.2) is 4.79 Å². The standard InChI is InChI=1S/C19H20N4O6/c1-10(24)21-15(8-9-16(20)25)18(27)22-12-4-2-11(3-5-12)14-7-6-13(19(28)29)17(26)23-14/h2-7,15H,8-9H2,1H3,(H2,20,25)(H,21,24)(H,22,27)(H,23,26)(H,28,29)/t15-/m1/s1. The lowest BCUT2D eigenvalue weighted by Gasteiger charge is -2.17. The first-order valence-electron chi connectivity index (χ1n) is 8.60. The second-order valence-corrected chi connectivity index (χ2v) is 6.24. The van der Waals surface area contributed by atoms with Gasteiger partial charge < -0.3 is 26.5 Å². The predicted octanol–water partition coefficient (Wildman–Crippen LogP) is 0.449. The Balaban J connectivity index is 2.12. The summed E-state index contributed by atoms with van der Waals surface area (Å²) in [5, 5.41) is 14.0. The molecule has 0 aliphatic rings. The van der Waals surface area contributed by atoms with Crippen LogP contribution in [0.15, 0.2) is 41.2 Å². The molecular weight excluding hydrogens is 380 g/mol. The number of amides is 3. The minimum Gasteiger partial charge on any atom is -0.477 e. The first-order chi connectivity index (χ1) is 13.7. The number of aromatic carboxylic acids is 1. The van der Waals surface area contributed by atoms with Crippen LogP contribution in [0.2, 0.25) is 0 Å². The molecule has 0 saturated heterocycles. The average molecular weight is 400 g/mol. The van der Waals surface area contributed by atoms with Gasteiger partial charge in [0.25, 0.3) is 5.56 Å². The Morgan fingerprint density at radius 1 is 1.10 bits per heavy atom. The van der Waals surface area contributed by atoms with Gasteiger partial charge in [-0.1, -0.05) is 12.1 Å². The molecule has 152 valence electrons. The van der Waals surface area contributed by atoms with Crippen LogP contribution in [-0.4, -0.2) is 39.8 Å². The van der Waals surface area contributed by atoms with Gasteiger partial charge in [0.05, 0.1) is 0 Å². The number of hydrogen-bond acceptors (Lipinski definition) is 5. The van der Waals surface area contributed by atoms with Crippen molar-refractivity contribution in [2.24, 2.45) is 5.73 Å². The van der Waals surface area contributed by atoms with Crippen molar-refractivity contribution in [3.63, 3.8) is 0 Å². The van der Waals surface area contributed by atoms with Crippen LogP contribution in [0.3, 0.4) is 0 Å². The maximum Gasteiger partial charge on any atom is 0.341 e. The molecule has 1 atom stereocenters. The van der Waals surface area contributed by atoms with Gasteiger partial charge in [-0.05, 0) is 36.2 Å². The summed E-state index contributed by atoms with van der Waals surface area (Å²) in [4.78, 5) is 59.8. The van der Waals surface area contributed by atoms with Gasteiger partial charge >= 0.3 is 5.97 Å². The Bertz CT molecular complexity index is 997. The number of aromatic amines is 1. The fourth-order valence-electron chi connectivity index (χ4n) is 2.57. The number of nitrogens with two attached hydrogens (primary N) is 1. The van der Waals surface area contributed by atoms with E-state index in [4.69, 9.17) is 10.8 Å². The fraction of sp³-hybridized carbons (Fsp3) is 0.211. The highest BCUT2D eigenvalue weighted by atomic mass is 16.4. The summed E-state index contributed by atoms with van der Waals surface area (Å²) in [6, 6.07) is 8.17. The molecule has 2 rings (SSSR count). The highest BCUT2D eigenvalue weighted by Crippen LogP contribution is 2.19. The van der Waals surface area contributed by atoms with Crippen molar-refractivity contribution >= 4 is 29.4 Å². The molecule has 10 nitrogen and oxygen atoms in total. The number of carboxylic acid groups (broad SMARTS) is 1. The van der Waals surface area contributed by atoms with Crippen LogP contribution in [0.1, 0.15) is 30.1 Å². The van der Waals surface area contributed by atoms with E-state index in [-0.39, 0.29) is 18.4 Å². The number of pyridine rings is 1. The number of aromatic nitrogens is 1. The van der Waals surface area contributed by atoms with Crippen molar-refractivity contribution in [3.8, 4) is 11.3 Å². The first kappa shape index (κ1) is 21.4. The number of carboxylic acids is 1. The molecule has 6 N–H and O–H groups in total. The molecule has 1 heterocycles. The molecule has 1 aromatic carbocycles. The third-order valence-electron chi connectivity index (χ3n) is 3.98. The first-order valence-corrected chi connectivity index (χ1v) is 8.60. The van der Waals surface area contributed by atoms with Gasteiger partial charge in [0.15, 0.2) is 0 Å². The zero-order chi connectivity index (χ0) is 21.6. The lowest BCUT2D eigenvalue weighted by atomic mass is 10.1. The largest absolute Gasteiger partial charge is 0.477 e. The van der Waals surface area contributed by atoms with E-state index in [2.05, 4.69) is 15.6 Å². The number of hydrogen-bond donors (Lipinski definition) is 5. The Kier molecular flexibility index (Phi) is 6.85. The maximum absolute atomic E-state index is 12.4. The highest BCUT2D eigenvalue weighted by Gasteiger charge is 2.20. The molecule has 29 heavy (non-hydrogen) atoms. The van der Waals surface area contributed by atoms with Crippen LogP contribution < -0.4 is 21.9 Å². The quantitative estimate of drug-likeness (QED) is 0.430. The molecular formula is C19H20N4O6. The van der Waals surface area contributed by atoms with E-state index in [1.165, 1.54) is 19.1 Å². The second-order valence-electron chi connectivity index (χ2n) is 6.24. The molecule has 0 fully saturated rings. The maximum atomic E-state index is 12.4. The van der Waals surface area contributed by atoms with Crippen molar-refractivity contribution < 1.29 is 24.3 Å². The number of anilines is 1. The van der Waals surface area contributed by atoms with Crippen LogP contribution in [0, 0.1) is 0 Å². The second kappa shape index (κ2) is 9.31. The molecule has 2 aromatic rings. The summed E-state index contributed by atoms with van der Waals surface area (Å²) in [7, 11) is 0. The monoisotopic (exact) mass is 400 g/mol. The molecule has 0 radical (unpaired) electrons. The van der Waals surface area contributed by atoms with Gasteiger partial charge in [0, 0.05) is 24.7 Å². The smallest absolute Gasteiger partial charge is 0.341 e. The number of rotatable bonds is 8. The third kappa shape index (κ3) is 6.03. The van der Waals surface area contributed by atoms with E-state index in [1.807, 2.05) is 0 Å². The molecule has 0 spiro atoms. The normalized spacial score (nSPS) is 11.3. The van der Waals surface area contributed by atoms with Crippen molar-refractivity contribution in [2.45, 2.75) is 25.8 Å². The average Bonchev–Trinajstić information content (AvgIpc) is 2.64.